The van der Waals surface area contributed by atoms with Crippen LogP contribution in [0.2, 0.25) is 0 Å². The first-order valence-corrected chi connectivity index (χ1v) is 4.27. The van der Waals surface area contributed by atoms with Crippen LogP contribution < -0.4 is 0 Å². The average molecular weight is 139 g/mol. The zero-order chi connectivity index (χ0) is 7.40. The van der Waals surface area contributed by atoms with Gasteiger partial charge in [0.15, 0.2) is 0 Å². The second-order valence-corrected chi connectivity index (χ2v) is 3.33. The molecule has 0 aromatic rings. The molecule has 1 saturated carbocycles. The van der Waals surface area contributed by atoms with Crippen molar-refractivity contribution in [3.05, 3.63) is 0 Å². The minimum Gasteiger partial charge on any atom is -0.297 e. The van der Waals surface area contributed by atoms with Crippen molar-refractivity contribution in [2.24, 2.45) is 10.9 Å². The molecule has 0 radical (unpaired) electrons. The maximum Gasteiger partial charge on any atom is 0.0276 e. The molecule has 0 aromatic carbocycles. The Kier molecular flexibility index (Phi) is 2.91. The van der Waals surface area contributed by atoms with Crippen LogP contribution >= 0.6 is 0 Å². The van der Waals surface area contributed by atoms with Gasteiger partial charge in [-0.2, -0.15) is 0 Å². The third-order valence-corrected chi connectivity index (χ3v) is 2.40. The van der Waals surface area contributed by atoms with Gasteiger partial charge in [-0.15, -0.1) is 0 Å². The first kappa shape index (κ1) is 7.77. The molecule has 0 heterocycles. The standard InChI is InChI=1S/C9H17N/c1-8-4-3-5-9(10-2)7-6-8/h8H,3-7H2,1-2H3/t8-/m1/s1. The zero-order valence-electron chi connectivity index (χ0n) is 7.06. The Bertz CT molecular complexity index is 127. The minimum absolute atomic E-state index is 0.930. The lowest BCUT2D eigenvalue weighted by Crippen LogP contribution is -1.95. The van der Waals surface area contributed by atoms with E-state index in [1.165, 1.54) is 37.8 Å². The highest BCUT2D eigenvalue weighted by Crippen LogP contribution is 2.20. The Morgan fingerprint density at radius 2 is 2.10 bits per heavy atom. The van der Waals surface area contributed by atoms with E-state index in [2.05, 4.69) is 11.9 Å². The molecule has 1 rings (SSSR count). The largest absolute Gasteiger partial charge is 0.297 e. The molecule has 0 unspecified atom stereocenters. The molecule has 1 atom stereocenters. The maximum atomic E-state index is 4.26. The van der Waals surface area contributed by atoms with Crippen LogP contribution in [0.1, 0.15) is 39.0 Å². The second kappa shape index (κ2) is 3.75. The van der Waals surface area contributed by atoms with Crippen LogP contribution in [0.5, 0.6) is 0 Å². The van der Waals surface area contributed by atoms with Crippen molar-refractivity contribution in [2.75, 3.05) is 7.05 Å². The Morgan fingerprint density at radius 1 is 1.30 bits per heavy atom. The molecule has 58 valence electrons. The molecular weight excluding hydrogens is 122 g/mol. The molecule has 1 nitrogen and oxygen atoms in total. The number of aliphatic imine (C=N–C) groups is 1. The SMILES string of the molecule is CN=C1CCC[C@@H](C)CC1. The smallest absolute Gasteiger partial charge is 0.0276 e. The summed E-state index contributed by atoms with van der Waals surface area (Å²) in [4.78, 5) is 4.26. The number of hydrogen-bond acceptors (Lipinski definition) is 1. The molecule has 0 aromatic heterocycles. The summed E-state index contributed by atoms with van der Waals surface area (Å²) in [6, 6.07) is 0. The fourth-order valence-corrected chi connectivity index (χ4v) is 1.56. The van der Waals surface area contributed by atoms with Crippen LogP contribution in [0.25, 0.3) is 0 Å². The van der Waals surface area contributed by atoms with Crippen molar-refractivity contribution in [2.45, 2.75) is 39.0 Å². The Hall–Kier alpha value is -0.330. The molecule has 0 spiro atoms. The number of rotatable bonds is 0. The minimum atomic E-state index is 0.930. The van der Waals surface area contributed by atoms with E-state index in [4.69, 9.17) is 0 Å². The van der Waals surface area contributed by atoms with Crippen molar-refractivity contribution in [1.82, 2.24) is 0 Å². The molecule has 0 N–H and O–H groups in total. The fourth-order valence-electron chi connectivity index (χ4n) is 1.56. The highest BCUT2D eigenvalue weighted by Gasteiger charge is 2.09. The average Bonchev–Trinajstić information content (AvgIpc) is 2.14. The predicted molar refractivity (Wildman–Crippen MR) is 45.6 cm³/mol. The molecule has 1 heteroatoms. The quantitative estimate of drug-likeness (QED) is 0.457. The van der Waals surface area contributed by atoms with E-state index >= 15 is 0 Å². The summed E-state index contributed by atoms with van der Waals surface area (Å²) in [5, 5.41) is 0. The summed E-state index contributed by atoms with van der Waals surface area (Å²) >= 11 is 0. The molecule has 0 bridgehead atoms. The lowest BCUT2D eigenvalue weighted by Gasteiger charge is -2.02. The van der Waals surface area contributed by atoms with E-state index in [-0.39, 0.29) is 0 Å². The van der Waals surface area contributed by atoms with Gasteiger partial charge < -0.3 is 0 Å². The van der Waals surface area contributed by atoms with Crippen LogP contribution in [0.15, 0.2) is 4.99 Å². The first-order valence-electron chi connectivity index (χ1n) is 4.27. The van der Waals surface area contributed by atoms with Crippen molar-refractivity contribution in [1.29, 1.82) is 0 Å². The molecule has 1 aliphatic carbocycles. The third kappa shape index (κ3) is 2.13. The highest BCUT2D eigenvalue weighted by atomic mass is 14.7. The molecule has 1 aliphatic rings. The van der Waals surface area contributed by atoms with Crippen LogP contribution in [0, 0.1) is 5.92 Å². The Morgan fingerprint density at radius 3 is 2.80 bits per heavy atom. The van der Waals surface area contributed by atoms with Crippen molar-refractivity contribution in [3.63, 3.8) is 0 Å². The molecule has 10 heavy (non-hydrogen) atoms. The first-order chi connectivity index (χ1) is 4.83. The van der Waals surface area contributed by atoms with Gasteiger partial charge in [-0.25, -0.2) is 0 Å². The van der Waals surface area contributed by atoms with Crippen LogP contribution in [-0.4, -0.2) is 12.8 Å². The van der Waals surface area contributed by atoms with Gasteiger partial charge in [0.25, 0.3) is 0 Å². The summed E-state index contributed by atoms with van der Waals surface area (Å²) < 4.78 is 0. The lowest BCUT2D eigenvalue weighted by molar-refractivity contribution is 0.508. The van der Waals surface area contributed by atoms with Gasteiger partial charge in [0, 0.05) is 12.8 Å². The maximum absolute atomic E-state index is 4.26. The monoisotopic (exact) mass is 139 g/mol. The van der Waals surface area contributed by atoms with Gasteiger partial charge >= 0.3 is 0 Å². The molecular formula is C9H17N. The summed E-state index contributed by atoms with van der Waals surface area (Å²) in [6.07, 6.45) is 6.61. The van der Waals surface area contributed by atoms with Crippen molar-refractivity contribution in [3.8, 4) is 0 Å². The Balaban J connectivity index is 2.41. The normalized spacial score (nSPS) is 32.2. The van der Waals surface area contributed by atoms with E-state index in [0.29, 0.717) is 0 Å². The van der Waals surface area contributed by atoms with Crippen molar-refractivity contribution >= 4 is 5.71 Å². The Labute approximate surface area is 63.5 Å². The van der Waals surface area contributed by atoms with Crippen LogP contribution in [-0.2, 0) is 0 Å². The van der Waals surface area contributed by atoms with E-state index in [9.17, 15) is 0 Å². The van der Waals surface area contributed by atoms with Crippen LogP contribution in [0.4, 0.5) is 0 Å². The van der Waals surface area contributed by atoms with E-state index in [1.54, 1.807) is 0 Å². The van der Waals surface area contributed by atoms with Gasteiger partial charge in [-0.3, -0.25) is 4.99 Å². The van der Waals surface area contributed by atoms with Crippen LogP contribution in [0.3, 0.4) is 0 Å². The summed E-state index contributed by atoms with van der Waals surface area (Å²) in [6.45, 7) is 2.35. The lowest BCUT2D eigenvalue weighted by atomic mass is 10.0. The topological polar surface area (TPSA) is 12.4 Å². The highest BCUT2D eigenvalue weighted by molar-refractivity contribution is 5.84. The number of hydrogen-bond donors (Lipinski definition) is 0. The zero-order valence-corrected chi connectivity index (χ0v) is 7.06. The number of nitrogens with zero attached hydrogens (tertiary/aromatic N) is 1. The van der Waals surface area contributed by atoms with Gasteiger partial charge in [0.05, 0.1) is 0 Å². The molecule has 0 aliphatic heterocycles. The van der Waals surface area contributed by atoms with Crippen molar-refractivity contribution < 1.29 is 0 Å². The molecule has 0 amide bonds. The third-order valence-electron chi connectivity index (χ3n) is 2.40. The van der Waals surface area contributed by atoms with Gasteiger partial charge in [-0.1, -0.05) is 13.3 Å². The van der Waals surface area contributed by atoms with Gasteiger partial charge in [0.1, 0.15) is 0 Å². The fraction of sp³-hybridized carbons (Fsp3) is 0.889. The summed E-state index contributed by atoms with van der Waals surface area (Å²) in [5.41, 5.74) is 1.43. The van der Waals surface area contributed by atoms with E-state index < -0.39 is 0 Å². The summed E-state index contributed by atoms with van der Waals surface area (Å²) in [5.74, 6) is 0.930. The van der Waals surface area contributed by atoms with E-state index in [0.717, 1.165) is 5.92 Å². The van der Waals surface area contributed by atoms with Gasteiger partial charge in [-0.05, 0) is 31.6 Å². The summed E-state index contributed by atoms with van der Waals surface area (Å²) in [7, 11) is 1.92. The van der Waals surface area contributed by atoms with Gasteiger partial charge in [0.2, 0.25) is 0 Å². The molecule has 1 fully saturated rings. The second-order valence-electron chi connectivity index (χ2n) is 3.33. The van der Waals surface area contributed by atoms with E-state index in [1.807, 2.05) is 7.05 Å². The molecule has 0 saturated heterocycles. The predicted octanol–water partition coefficient (Wildman–Crippen LogP) is 2.66.